The Balaban J connectivity index is 4.23. The monoisotopic (exact) mass is 272 g/mol. The smallest absolute Gasteiger partial charge is 0.306 e. The van der Waals surface area contributed by atoms with E-state index >= 15 is 0 Å². The van der Waals surface area contributed by atoms with Crippen LogP contribution in [0.25, 0.3) is 0 Å². The first-order chi connectivity index (χ1) is 8.56. The van der Waals surface area contributed by atoms with Crippen molar-refractivity contribution in [2.75, 3.05) is 7.11 Å². The van der Waals surface area contributed by atoms with Gasteiger partial charge in [-0.3, -0.25) is 4.79 Å². The SMILES string of the molecule is CO[C@H](C(C)C)[C@@H](C)C[C@@H](C)CC(=O)OC(C)(C)C. The molecule has 0 N–H and O–H groups in total. The molecule has 19 heavy (non-hydrogen) atoms. The average molecular weight is 272 g/mol. The summed E-state index contributed by atoms with van der Waals surface area (Å²) in [5.74, 6) is 1.16. The lowest BCUT2D eigenvalue weighted by atomic mass is 9.86. The molecule has 3 atom stereocenters. The summed E-state index contributed by atoms with van der Waals surface area (Å²) in [6.07, 6.45) is 1.72. The lowest BCUT2D eigenvalue weighted by Gasteiger charge is -2.28. The molecule has 0 saturated heterocycles. The second-order valence-corrected chi connectivity index (χ2v) is 7.05. The van der Waals surface area contributed by atoms with E-state index < -0.39 is 5.60 Å². The van der Waals surface area contributed by atoms with E-state index in [4.69, 9.17) is 9.47 Å². The van der Waals surface area contributed by atoms with Crippen LogP contribution in [0.4, 0.5) is 0 Å². The van der Waals surface area contributed by atoms with Gasteiger partial charge in [-0.25, -0.2) is 0 Å². The molecule has 0 aliphatic rings. The molecule has 0 aromatic rings. The van der Waals surface area contributed by atoms with Crippen LogP contribution in [-0.2, 0) is 14.3 Å². The van der Waals surface area contributed by atoms with E-state index in [1.54, 1.807) is 7.11 Å². The predicted molar refractivity (Wildman–Crippen MR) is 79.0 cm³/mol. The molecule has 0 radical (unpaired) electrons. The molecule has 0 amide bonds. The van der Waals surface area contributed by atoms with Crippen LogP contribution in [0.3, 0.4) is 0 Å². The number of hydrogen-bond acceptors (Lipinski definition) is 3. The molecule has 0 bridgehead atoms. The molecule has 0 fully saturated rings. The summed E-state index contributed by atoms with van der Waals surface area (Å²) in [6, 6.07) is 0. The van der Waals surface area contributed by atoms with Gasteiger partial charge in [0.25, 0.3) is 0 Å². The molecule has 0 aliphatic carbocycles. The molecule has 0 aromatic heterocycles. The van der Waals surface area contributed by atoms with E-state index in [-0.39, 0.29) is 12.1 Å². The zero-order valence-electron chi connectivity index (χ0n) is 13.9. The maximum absolute atomic E-state index is 11.8. The van der Waals surface area contributed by atoms with Gasteiger partial charge < -0.3 is 9.47 Å². The van der Waals surface area contributed by atoms with Gasteiger partial charge in [0.05, 0.1) is 6.10 Å². The molecule has 0 spiro atoms. The van der Waals surface area contributed by atoms with Crippen LogP contribution in [0.5, 0.6) is 0 Å². The highest BCUT2D eigenvalue weighted by molar-refractivity contribution is 5.70. The zero-order chi connectivity index (χ0) is 15.2. The summed E-state index contributed by atoms with van der Waals surface area (Å²) in [7, 11) is 1.76. The van der Waals surface area contributed by atoms with Gasteiger partial charge in [-0.1, -0.05) is 27.7 Å². The molecular weight excluding hydrogens is 240 g/mol. The van der Waals surface area contributed by atoms with Gasteiger partial charge in [0, 0.05) is 13.5 Å². The Hall–Kier alpha value is -0.570. The first-order valence-corrected chi connectivity index (χ1v) is 7.31. The van der Waals surface area contributed by atoms with Crippen LogP contribution in [0.2, 0.25) is 0 Å². The van der Waals surface area contributed by atoms with Crippen molar-refractivity contribution in [1.82, 2.24) is 0 Å². The molecule has 3 heteroatoms. The third-order valence-electron chi connectivity index (χ3n) is 3.20. The maximum atomic E-state index is 11.8. The highest BCUT2D eigenvalue weighted by Gasteiger charge is 2.24. The number of carbonyl (C=O) groups excluding carboxylic acids is 1. The van der Waals surface area contributed by atoms with Crippen LogP contribution < -0.4 is 0 Å². The largest absolute Gasteiger partial charge is 0.460 e. The Morgan fingerprint density at radius 3 is 2.00 bits per heavy atom. The van der Waals surface area contributed by atoms with E-state index in [9.17, 15) is 4.79 Å². The Labute approximate surface area is 119 Å². The molecule has 0 saturated carbocycles. The summed E-state index contributed by atoms with van der Waals surface area (Å²) < 4.78 is 10.9. The minimum absolute atomic E-state index is 0.106. The fourth-order valence-corrected chi connectivity index (χ4v) is 2.68. The molecule has 114 valence electrons. The maximum Gasteiger partial charge on any atom is 0.306 e. The summed E-state index contributed by atoms with van der Waals surface area (Å²) in [5, 5.41) is 0. The molecule has 3 nitrogen and oxygen atoms in total. The van der Waals surface area contributed by atoms with Gasteiger partial charge in [0.1, 0.15) is 5.60 Å². The lowest BCUT2D eigenvalue weighted by molar-refractivity contribution is -0.156. The van der Waals surface area contributed by atoms with Crippen molar-refractivity contribution in [3.8, 4) is 0 Å². The number of hydrogen-bond donors (Lipinski definition) is 0. The van der Waals surface area contributed by atoms with Gasteiger partial charge in [0.15, 0.2) is 0 Å². The fourth-order valence-electron chi connectivity index (χ4n) is 2.68. The summed E-state index contributed by atoms with van der Waals surface area (Å²) in [5.41, 5.74) is -0.393. The predicted octanol–water partition coefficient (Wildman–Crippen LogP) is 4.05. The van der Waals surface area contributed by atoms with Crippen molar-refractivity contribution in [1.29, 1.82) is 0 Å². The summed E-state index contributed by atoms with van der Waals surface area (Å²) >= 11 is 0. The third-order valence-corrected chi connectivity index (χ3v) is 3.20. The molecular formula is C16H32O3. The Bertz CT molecular complexity index is 266. The second kappa shape index (κ2) is 7.88. The molecule has 0 aromatic carbocycles. The number of methoxy groups -OCH3 is 1. The molecule has 0 rings (SSSR count). The zero-order valence-corrected chi connectivity index (χ0v) is 13.9. The number of rotatable bonds is 7. The third kappa shape index (κ3) is 8.25. The minimum atomic E-state index is -0.393. The van der Waals surface area contributed by atoms with E-state index in [2.05, 4.69) is 27.7 Å². The van der Waals surface area contributed by atoms with E-state index in [1.807, 2.05) is 20.8 Å². The lowest BCUT2D eigenvalue weighted by Crippen LogP contribution is -2.29. The van der Waals surface area contributed by atoms with Crippen LogP contribution in [0.15, 0.2) is 0 Å². The second-order valence-electron chi connectivity index (χ2n) is 7.05. The summed E-state index contributed by atoms with van der Waals surface area (Å²) in [4.78, 5) is 11.8. The van der Waals surface area contributed by atoms with Crippen LogP contribution in [-0.4, -0.2) is 24.8 Å². The van der Waals surface area contributed by atoms with E-state index in [0.29, 0.717) is 24.2 Å². The van der Waals surface area contributed by atoms with Crippen molar-refractivity contribution < 1.29 is 14.3 Å². The number of carbonyl (C=O) groups is 1. The van der Waals surface area contributed by atoms with Crippen molar-refractivity contribution >= 4 is 5.97 Å². The minimum Gasteiger partial charge on any atom is -0.460 e. The Morgan fingerprint density at radius 1 is 1.11 bits per heavy atom. The van der Waals surface area contributed by atoms with Gasteiger partial charge in [-0.15, -0.1) is 0 Å². The number of ether oxygens (including phenoxy) is 2. The molecule has 0 aliphatic heterocycles. The Kier molecular flexibility index (Phi) is 7.65. The topological polar surface area (TPSA) is 35.5 Å². The van der Waals surface area contributed by atoms with Crippen LogP contribution in [0.1, 0.15) is 61.3 Å². The van der Waals surface area contributed by atoms with Gasteiger partial charge >= 0.3 is 5.97 Å². The Morgan fingerprint density at radius 2 is 1.63 bits per heavy atom. The van der Waals surface area contributed by atoms with E-state index in [0.717, 1.165) is 6.42 Å². The van der Waals surface area contributed by atoms with Crippen molar-refractivity contribution in [3.63, 3.8) is 0 Å². The van der Waals surface area contributed by atoms with Crippen molar-refractivity contribution in [2.45, 2.75) is 73.0 Å². The first-order valence-electron chi connectivity index (χ1n) is 7.31. The molecule has 0 heterocycles. The van der Waals surface area contributed by atoms with Gasteiger partial charge in [-0.2, -0.15) is 0 Å². The average Bonchev–Trinajstić information content (AvgIpc) is 2.13. The van der Waals surface area contributed by atoms with Crippen molar-refractivity contribution in [3.05, 3.63) is 0 Å². The standard InChI is InChI=1S/C16H32O3/c1-11(2)15(18-8)13(4)9-12(3)10-14(17)19-16(5,6)7/h11-13,15H,9-10H2,1-8H3/t12-,13+,15-/m1/s1. The summed E-state index contributed by atoms with van der Waals surface area (Å²) in [6.45, 7) is 14.3. The highest BCUT2D eigenvalue weighted by atomic mass is 16.6. The quantitative estimate of drug-likeness (QED) is 0.656. The fraction of sp³-hybridized carbons (Fsp3) is 0.938. The highest BCUT2D eigenvalue weighted by Crippen LogP contribution is 2.25. The van der Waals surface area contributed by atoms with E-state index in [1.165, 1.54) is 0 Å². The van der Waals surface area contributed by atoms with Gasteiger partial charge in [-0.05, 0) is 44.9 Å². The van der Waals surface area contributed by atoms with Crippen LogP contribution >= 0.6 is 0 Å². The van der Waals surface area contributed by atoms with Crippen molar-refractivity contribution in [2.24, 2.45) is 17.8 Å². The molecule has 0 unspecified atom stereocenters. The number of esters is 1. The van der Waals surface area contributed by atoms with Gasteiger partial charge in [0.2, 0.25) is 0 Å². The van der Waals surface area contributed by atoms with Crippen LogP contribution in [0, 0.1) is 17.8 Å². The first kappa shape index (κ1) is 18.4. The normalized spacial score (nSPS) is 17.1.